The van der Waals surface area contributed by atoms with Crippen LogP contribution in [0.3, 0.4) is 0 Å². The monoisotopic (exact) mass is 289 g/mol. The van der Waals surface area contributed by atoms with Crippen LogP contribution in [0.25, 0.3) is 11.2 Å². The standard InChI is InChI=1S/C13H15N5O3/c1-3-4-7-16-11(14)8-12(17-7)18(5-15-8)13-10(20)9(19)6(2)21-13/h5-6,9-10,13,19-20H,1-2H3,(H2,14,16,17). The Hall–Kier alpha value is -2.21. The summed E-state index contributed by atoms with van der Waals surface area (Å²) in [6.45, 7) is 3.35. The minimum atomic E-state index is -1.07. The van der Waals surface area contributed by atoms with Crippen molar-refractivity contribution in [2.75, 3.05) is 5.73 Å². The molecule has 3 heterocycles. The number of ether oxygens (including phenoxy) is 1. The average Bonchev–Trinajstić information content (AvgIpc) is 2.96. The molecule has 0 radical (unpaired) electrons. The Labute approximate surface area is 120 Å². The molecule has 8 heteroatoms. The maximum Gasteiger partial charge on any atom is 0.208 e. The Bertz CT molecular complexity index is 747. The number of nitrogens with two attached hydrogens (primary N) is 1. The number of nitrogens with zero attached hydrogens (tertiary/aromatic N) is 4. The molecular weight excluding hydrogens is 274 g/mol. The van der Waals surface area contributed by atoms with Crippen molar-refractivity contribution in [3.05, 3.63) is 12.2 Å². The minimum Gasteiger partial charge on any atom is -0.388 e. The second kappa shape index (κ2) is 4.96. The van der Waals surface area contributed by atoms with Crippen LogP contribution in [-0.4, -0.2) is 48.0 Å². The summed E-state index contributed by atoms with van der Waals surface area (Å²) >= 11 is 0. The van der Waals surface area contributed by atoms with Crippen LogP contribution in [0.1, 0.15) is 25.9 Å². The second-order valence-electron chi connectivity index (χ2n) is 4.84. The fraction of sp³-hybridized carbons (Fsp3) is 0.462. The Morgan fingerprint density at radius 3 is 2.71 bits per heavy atom. The molecular formula is C13H15N5O3. The van der Waals surface area contributed by atoms with E-state index in [-0.39, 0.29) is 11.6 Å². The maximum absolute atomic E-state index is 10.1. The van der Waals surface area contributed by atoms with E-state index in [4.69, 9.17) is 10.5 Å². The Morgan fingerprint density at radius 1 is 1.33 bits per heavy atom. The van der Waals surface area contributed by atoms with Crippen molar-refractivity contribution in [1.29, 1.82) is 0 Å². The molecule has 8 nitrogen and oxygen atoms in total. The van der Waals surface area contributed by atoms with Crippen molar-refractivity contribution in [1.82, 2.24) is 19.5 Å². The highest BCUT2D eigenvalue weighted by atomic mass is 16.6. The van der Waals surface area contributed by atoms with Gasteiger partial charge >= 0.3 is 0 Å². The fourth-order valence-electron chi connectivity index (χ4n) is 2.35. The van der Waals surface area contributed by atoms with Crippen LogP contribution in [0.4, 0.5) is 5.82 Å². The van der Waals surface area contributed by atoms with E-state index < -0.39 is 24.5 Å². The number of anilines is 1. The van der Waals surface area contributed by atoms with Gasteiger partial charge < -0.3 is 20.7 Å². The maximum atomic E-state index is 10.1. The quantitative estimate of drug-likeness (QED) is 0.601. The molecule has 0 bridgehead atoms. The number of rotatable bonds is 1. The molecule has 1 saturated heterocycles. The van der Waals surface area contributed by atoms with Crippen LogP contribution in [0.15, 0.2) is 6.33 Å². The summed E-state index contributed by atoms with van der Waals surface area (Å²) in [7, 11) is 0. The summed E-state index contributed by atoms with van der Waals surface area (Å²) < 4.78 is 7.10. The van der Waals surface area contributed by atoms with Gasteiger partial charge in [0, 0.05) is 0 Å². The van der Waals surface area contributed by atoms with Gasteiger partial charge in [0.25, 0.3) is 0 Å². The van der Waals surface area contributed by atoms with Crippen molar-refractivity contribution in [2.24, 2.45) is 0 Å². The lowest BCUT2D eigenvalue weighted by Gasteiger charge is -2.16. The molecule has 2 aromatic heterocycles. The zero-order valence-corrected chi connectivity index (χ0v) is 11.6. The molecule has 0 aliphatic carbocycles. The molecule has 1 fully saturated rings. The Morgan fingerprint density at radius 2 is 2.10 bits per heavy atom. The first kappa shape index (κ1) is 13.8. The van der Waals surface area contributed by atoms with Crippen molar-refractivity contribution in [3.63, 3.8) is 0 Å². The second-order valence-corrected chi connectivity index (χ2v) is 4.84. The SMILES string of the molecule is CC#Cc1nc(N)c2ncn(C3OC(C)C(O)C3O)c2n1. The smallest absolute Gasteiger partial charge is 0.208 e. The summed E-state index contributed by atoms with van der Waals surface area (Å²) in [5.41, 5.74) is 6.65. The molecule has 4 unspecified atom stereocenters. The predicted octanol–water partition coefficient (Wildman–Crippen LogP) is -0.581. The van der Waals surface area contributed by atoms with Gasteiger partial charge in [-0.1, -0.05) is 5.92 Å². The van der Waals surface area contributed by atoms with Gasteiger partial charge in [0.1, 0.15) is 17.7 Å². The largest absolute Gasteiger partial charge is 0.388 e. The molecule has 4 N–H and O–H groups in total. The molecule has 2 aromatic rings. The van der Waals surface area contributed by atoms with Gasteiger partial charge in [-0.15, -0.1) is 0 Å². The first-order valence-corrected chi connectivity index (χ1v) is 6.47. The lowest BCUT2D eigenvalue weighted by atomic mass is 10.1. The number of nitrogen functional groups attached to an aromatic ring is 1. The first-order chi connectivity index (χ1) is 10.0. The highest BCUT2D eigenvalue weighted by Crippen LogP contribution is 2.31. The van der Waals surface area contributed by atoms with E-state index in [0.29, 0.717) is 11.2 Å². The lowest BCUT2D eigenvalue weighted by molar-refractivity contribution is -0.0299. The molecule has 1 aliphatic rings. The molecule has 3 rings (SSSR count). The number of aliphatic hydroxyl groups excluding tert-OH is 2. The van der Waals surface area contributed by atoms with E-state index in [1.807, 2.05) is 0 Å². The Balaban J connectivity index is 2.13. The highest BCUT2D eigenvalue weighted by molar-refractivity contribution is 5.82. The molecule has 0 aromatic carbocycles. The van der Waals surface area contributed by atoms with Crippen molar-refractivity contribution in [3.8, 4) is 11.8 Å². The van der Waals surface area contributed by atoms with E-state index in [2.05, 4.69) is 26.8 Å². The number of fused-ring (bicyclic) bond motifs is 1. The zero-order valence-electron chi connectivity index (χ0n) is 11.6. The topological polar surface area (TPSA) is 119 Å². The van der Waals surface area contributed by atoms with E-state index in [1.165, 1.54) is 10.9 Å². The van der Waals surface area contributed by atoms with Gasteiger partial charge in [0.05, 0.1) is 12.4 Å². The summed E-state index contributed by atoms with van der Waals surface area (Å²) in [5, 5.41) is 19.9. The highest BCUT2D eigenvalue weighted by Gasteiger charge is 2.42. The molecule has 21 heavy (non-hydrogen) atoms. The molecule has 110 valence electrons. The molecule has 0 amide bonds. The van der Waals surface area contributed by atoms with E-state index in [9.17, 15) is 10.2 Å². The van der Waals surface area contributed by atoms with E-state index >= 15 is 0 Å². The van der Waals surface area contributed by atoms with Crippen molar-refractivity contribution in [2.45, 2.75) is 38.4 Å². The minimum absolute atomic E-state index is 0.206. The van der Waals surface area contributed by atoms with Gasteiger partial charge in [-0.3, -0.25) is 4.57 Å². The van der Waals surface area contributed by atoms with E-state index in [0.717, 1.165) is 0 Å². The third kappa shape index (κ3) is 2.12. The number of hydrogen-bond acceptors (Lipinski definition) is 7. The summed E-state index contributed by atoms with van der Waals surface area (Å²) in [4.78, 5) is 12.5. The van der Waals surface area contributed by atoms with Crippen LogP contribution >= 0.6 is 0 Å². The molecule has 0 saturated carbocycles. The number of imidazole rings is 1. The van der Waals surface area contributed by atoms with Crippen LogP contribution < -0.4 is 5.73 Å². The normalized spacial score (nSPS) is 28.6. The Kier molecular flexibility index (Phi) is 3.25. The number of aliphatic hydroxyl groups is 2. The number of aromatic nitrogens is 4. The average molecular weight is 289 g/mol. The first-order valence-electron chi connectivity index (χ1n) is 6.47. The van der Waals surface area contributed by atoms with Gasteiger partial charge in [-0.25, -0.2) is 15.0 Å². The molecule has 4 atom stereocenters. The van der Waals surface area contributed by atoms with Crippen LogP contribution in [0.5, 0.6) is 0 Å². The van der Waals surface area contributed by atoms with Crippen molar-refractivity contribution >= 4 is 17.0 Å². The zero-order chi connectivity index (χ0) is 15.1. The third-order valence-corrected chi connectivity index (χ3v) is 3.44. The molecule has 1 aliphatic heterocycles. The molecule has 0 spiro atoms. The van der Waals surface area contributed by atoms with Crippen LogP contribution in [0, 0.1) is 11.8 Å². The van der Waals surface area contributed by atoms with Crippen LogP contribution in [0.2, 0.25) is 0 Å². The van der Waals surface area contributed by atoms with Gasteiger partial charge in [-0.2, -0.15) is 0 Å². The summed E-state index contributed by atoms with van der Waals surface area (Å²) in [6, 6.07) is 0. The van der Waals surface area contributed by atoms with E-state index in [1.54, 1.807) is 13.8 Å². The van der Waals surface area contributed by atoms with Crippen molar-refractivity contribution < 1.29 is 14.9 Å². The lowest BCUT2D eigenvalue weighted by Crippen LogP contribution is -2.30. The fourth-order valence-corrected chi connectivity index (χ4v) is 2.35. The number of hydrogen-bond donors (Lipinski definition) is 3. The van der Waals surface area contributed by atoms with Crippen LogP contribution in [-0.2, 0) is 4.74 Å². The summed E-state index contributed by atoms with van der Waals surface area (Å²) in [5.74, 6) is 5.90. The predicted molar refractivity (Wildman–Crippen MR) is 73.9 cm³/mol. The van der Waals surface area contributed by atoms with Gasteiger partial charge in [0.15, 0.2) is 17.7 Å². The summed E-state index contributed by atoms with van der Waals surface area (Å²) in [6.07, 6.45) is -1.86. The van der Waals surface area contributed by atoms with Gasteiger partial charge in [-0.05, 0) is 19.8 Å². The van der Waals surface area contributed by atoms with Gasteiger partial charge in [0.2, 0.25) is 5.82 Å². The third-order valence-electron chi connectivity index (χ3n) is 3.44.